The fourth-order valence-corrected chi connectivity index (χ4v) is 1.25. The summed E-state index contributed by atoms with van der Waals surface area (Å²) in [7, 11) is 0. The number of aldehydes is 1. The van der Waals surface area contributed by atoms with Crippen LogP contribution >= 0.6 is 0 Å². The molecule has 0 unspecified atom stereocenters. The highest BCUT2D eigenvalue weighted by molar-refractivity contribution is 5.95. The Morgan fingerprint density at radius 2 is 2.15 bits per heavy atom. The highest BCUT2D eigenvalue weighted by Crippen LogP contribution is 2.15. The minimum absolute atomic E-state index is 0.344. The van der Waals surface area contributed by atoms with Crippen LogP contribution in [-0.2, 0) is 0 Å². The third-order valence-corrected chi connectivity index (χ3v) is 1.87. The maximum absolute atomic E-state index is 12.7. The van der Waals surface area contributed by atoms with Crippen LogP contribution in [0, 0.1) is 5.82 Å². The highest BCUT2D eigenvalue weighted by Gasteiger charge is 2.00. The normalized spacial score (nSPS) is 10.2. The van der Waals surface area contributed by atoms with Crippen LogP contribution in [0.2, 0.25) is 0 Å². The van der Waals surface area contributed by atoms with Crippen molar-refractivity contribution in [3.8, 4) is 0 Å². The summed E-state index contributed by atoms with van der Waals surface area (Å²) in [6.45, 7) is 0. The number of fused-ring (bicyclic) bond motifs is 1. The number of nitrogens with zero attached hydrogens (tertiary/aromatic N) is 1. The standard InChI is InChI=1S/C10H6FNO/c11-8-1-2-9-7(6-13)3-4-12-10(9)5-8/h1-6H. The lowest BCUT2D eigenvalue weighted by Crippen LogP contribution is -1.86. The van der Waals surface area contributed by atoms with Gasteiger partial charge in [-0.25, -0.2) is 4.39 Å². The maximum atomic E-state index is 12.7. The van der Waals surface area contributed by atoms with Gasteiger partial charge in [0.05, 0.1) is 5.52 Å². The van der Waals surface area contributed by atoms with Crippen molar-refractivity contribution in [2.45, 2.75) is 0 Å². The molecule has 1 aromatic carbocycles. The Morgan fingerprint density at radius 3 is 2.92 bits per heavy atom. The summed E-state index contributed by atoms with van der Waals surface area (Å²) in [5, 5.41) is 0.680. The monoisotopic (exact) mass is 175 g/mol. The molecule has 13 heavy (non-hydrogen) atoms. The third kappa shape index (κ3) is 1.28. The van der Waals surface area contributed by atoms with E-state index < -0.39 is 0 Å². The number of carbonyl (C=O) groups excluding carboxylic acids is 1. The average molecular weight is 175 g/mol. The van der Waals surface area contributed by atoms with E-state index in [9.17, 15) is 9.18 Å². The zero-order valence-corrected chi connectivity index (χ0v) is 6.70. The second-order valence-corrected chi connectivity index (χ2v) is 2.68. The van der Waals surface area contributed by atoms with Crippen LogP contribution in [0.15, 0.2) is 30.5 Å². The Morgan fingerprint density at radius 1 is 1.31 bits per heavy atom. The predicted octanol–water partition coefficient (Wildman–Crippen LogP) is 2.19. The van der Waals surface area contributed by atoms with Crippen molar-refractivity contribution >= 4 is 17.2 Å². The molecular formula is C10H6FNO. The van der Waals surface area contributed by atoms with E-state index in [2.05, 4.69) is 4.98 Å². The second-order valence-electron chi connectivity index (χ2n) is 2.68. The lowest BCUT2D eigenvalue weighted by molar-refractivity contribution is 0.112. The molecule has 1 aromatic heterocycles. The van der Waals surface area contributed by atoms with E-state index in [-0.39, 0.29) is 5.82 Å². The number of hydrogen-bond acceptors (Lipinski definition) is 2. The van der Waals surface area contributed by atoms with Gasteiger partial charge in [0.25, 0.3) is 0 Å². The molecule has 2 aromatic rings. The van der Waals surface area contributed by atoms with Crippen molar-refractivity contribution in [2.24, 2.45) is 0 Å². The van der Waals surface area contributed by atoms with E-state index in [0.29, 0.717) is 16.5 Å². The van der Waals surface area contributed by atoms with Gasteiger partial charge < -0.3 is 0 Å². The van der Waals surface area contributed by atoms with Gasteiger partial charge in [-0.1, -0.05) is 0 Å². The average Bonchev–Trinajstić information content (AvgIpc) is 2.16. The largest absolute Gasteiger partial charge is 0.298 e. The summed E-state index contributed by atoms with van der Waals surface area (Å²) in [5.74, 6) is -0.344. The molecule has 0 radical (unpaired) electrons. The van der Waals surface area contributed by atoms with Crippen molar-refractivity contribution in [3.05, 3.63) is 41.8 Å². The van der Waals surface area contributed by atoms with E-state index >= 15 is 0 Å². The number of halogens is 1. The highest BCUT2D eigenvalue weighted by atomic mass is 19.1. The lowest BCUT2D eigenvalue weighted by Gasteiger charge is -1.98. The molecule has 0 atom stereocenters. The van der Waals surface area contributed by atoms with E-state index in [1.54, 1.807) is 12.1 Å². The molecule has 3 heteroatoms. The number of aromatic nitrogens is 1. The molecule has 0 aliphatic carbocycles. The van der Waals surface area contributed by atoms with Crippen molar-refractivity contribution in [1.29, 1.82) is 0 Å². The van der Waals surface area contributed by atoms with Gasteiger partial charge in [-0.2, -0.15) is 0 Å². The number of benzene rings is 1. The first-order chi connectivity index (χ1) is 6.31. The molecule has 0 spiro atoms. The number of hydrogen-bond donors (Lipinski definition) is 0. The van der Waals surface area contributed by atoms with Gasteiger partial charge in [0.15, 0.2) is 6.29 Å². The molecule has 0 amide bonds. The Hall–Kier alpha value is -1.77. The quantitative estimate of drug-likeness (QED) is 0.622. The Bertz CT molecular complexity index is 467. The summed E-state index contributed by atoms with van der Waals surface area (Å²) >= 11 is 0. The van der Waals surface area contributed by atoms with Gasteiger partial charge in [-0.3, -0.25) is 9.78 Å². The molecule has 0 fully saturated rings. The van der Waals surface area contributed by atoms with E-state index in [0.717, 1.165) is 6.29 Å². The molecule has 64 valence electrons. The van der Waals surface area contributed by atoms with E-state index in [1.807, 2.05) is 0 Å². The molecule has 0 aliphatic heterocycles. The van der Waals surface area contributed by atoms with Gasteiger partial charge in [0.1, 0.15) is 5.82 Å². The van der Waals surface area contributed by atoms with Gasteiger partial charge in [0, 0.05) is 23.2 Å². The van der Waals surface area contributed by atoms with Crippen LogP contribution < -0.4 is 0 Å². The number of pyridine rings is 1. The van der Waals surface area contributed by atoms with Crippen LogP contribution in [0.4, 0.5) is 4.39 Å². The number of carbonyl (C=O) groups is 1. The SMILES string of the molecule is O=Cc1ccnc2cc(F)ccc12. The zero-order valence-electron chi connectivity index (χ0n) is 6.70. The van der Waals surface area contributed by atoms with Gasteiger partial charge in [0.2, 0.25) is 0 Å². The van der Waals surface area contributed by atoms with Crippen LogP contribution in [0.25, 0.3) is 10.9 Å². The molecule has 0 saturated carbocycles. The molecule has 1 heterocycles. The zero-order chi connectivity index (χ0) is 9.26. The molecule has 0 N–H and O–H groups in total. The Labute approximate surface area is 74.0 Å². The van der Waals surface area contributed by atoms with Gasteiger partial charge >= 0.3 is 0 Å². The van der Waals surface area contributed by atoms with Crippen LogP contribution in [0.3, 0.4) is 0 Å². The molecular weight excluding hydrogens is 169 g/mol. The van der Waals surface area contributed by atoms with Crippen LogP contribution in [0.1, 0.15) is 10.4 Å². The van der Waals surface area contributed by atoms with Gasteiger partial charge in [-0.15, -0.1) is 0 Å². The molecule has 0 saturated heterocycles. The minimum Gasteiger partial charge on any atom is -0.298 e. The predicted molar refractivity (Wildman–Crippen MR) is 47.1 cm³/mol. The molecule has 0 aliphatic rings. The minimum atomic E-state index is -0.344. The maximum Gasteiger partial charge on any atom is 0.150 e. The topological polar surface area (TPSA) is 30.0 Å². The van der Waals surface area contributed by atoms with Crippen molar-refractivity contribution in [2.75, 3.05) is 0 Å². The first kappa shape index (κ1) is 7.86. The molecule has 2 nitrogen and oxygen atoms in total. The van der Waals surface area contributed by atoms with Crippen molar-refractivity contribution in [3.63, 3.8) is 0 Å². The van der Waals surface area contributed by atoms with E-state index in [1.165, 1.54) is 18.3 Å². The summed E-state index contributed by atoms with van der Waals surface area (Å²) in [6.07, 6.45) is 2.23. The summed E-state index contributed by atoms with van der Waals surface area (Å²) in [4.78, 5) is 14.5. The van der Waals surface area contributed by atoms with Gasteiger partial charge in [-0.05, 0) is 18.2 Å². The summed E-state index contributed by atoms with van der Waals surface area (Å²) < 4.78 is 12.7. The molecule has 0 bridgehead atoms. The van der Waals surface area contributed by atoms with Crippen molar-refractivity contribution in [1.82, 2.24) is 4.98 Å². The van der Waals surface area contributed by atoms with Crippen molar-refractivity contribution < 1.29 is 9.18 Å². The Kier molecular flexibility index (Phi) is 1.77. The second kappa shape index (κ2) is 2.94. The van der Waals surface area contributed by atoms with Crippen LogP contribution in [0.5, 0.6) is 0 Å². The first-order valence-corrected chi connectivity index (χ1v) is 3.81. The fourth-order valence-electron chi connectivity index (χ4n) is 1.25. The first-order valence-electron chi connectivity index (χ1n) is 3.81. The lowest BCUT2D eigenvalue weighted by atomic mass is 10.1. The summed E-state index contributed by atoms with van der Waals surface area (Å²) in [6, 6.07) is 5.79. The fraction of sp³-hybridized carbons (Fsp3) is 0. The molecule has 2 rings (SSSR count). The number of rotatable bonds is 1. The van der Waals surface area contributed by atoms with E-state index in [4.69, 9.17) is 0 Å². The smallest absolute Gasteiger partial charge is 0.150 e. The summed E-state index contributed by atoms with van der Waals surface area (Å²) in [5.41, 5.74) is 1.04. The third-order valence-electron chi connectivity index (χ3n) is 1.87. The van der Waals surface area contributed by atoms with Crippen LogP contribution in [-0.4, -0.2) is 11.3 Å². The Balaban J connectivity index is 2.84.